The maximum atomic E-state index is 12.8. The molecule has 0 aliphatic carbocycles. The zero-order valence-corrected chi connectivity index (χ0v) is 8.41. The lowest BCUT2D eigenvalue weighted by molar-refractivity contribution is 0.149. The number of alkyl halides is 3. The van der Waals surface area contributed by atoms with E-state index in [0.29, 0.717) is 5.56 Å². The van der Waals surface area contributed by atoms with Gasteiger partial charge in [0.2, 0.25) is 5.95 Å². The van der Waals surface area contributed by atoms with Crippen molar-refractivity contribution < 1.29 is 13.2 Å². The monoisotopic (exact) mass is 253 g/mol. The number of pyridine rings is 1. The molecule has 1 aromatic rings. The summed E-state index contributed by atoms with van der Waals surface area (Å²) in [7, 11) is 0. The van der Waals surface area contributed by atoms with Gasteiger partial charge < -0.3 is 0 Å². The Hall–Kier alpha value is -0.580. The molecular formula is C8H7BrF3N. The molecule has 0 N–H and O–H groups in total. The Kier molecular flexibility index (Phi) is 3.30. The molecule has 0 bridgehead atoms. The van der Waals surface area contributed by atoms with Gasteiger partial charge in [-0.1, -0.05) is 15.9 Å². The summed E-state index contributed by atoms with van der Waals surface area (Å²) in [6.07, 6.45) is -1.54. The standard InChI is InChI=1S/C8H7BrF3N/c1-4-6(7(10)11)5(2-9)3-13-8(4)12/h3,7H,2H2,1H3. The van der Waals surface area contributed by atoms with Crippen LogP contribution in [0.5, 0.6) is 0 Å². The van der Waals surface area contributed by atoms with E-state index in [4.69, 9.17) is 0 Å². The van der Waals surface area contributed by atoms with E-state index in [0.717, 1.165) is 6.20 Å². The molecule has 1 nitrogen and oxygen atoms in total. The van der Waals surface area contributed by atoms with Crippen molar-refractivity contribution in [3.63, 3.8) is 0 Å². The Morgan fingerprint density at radius 2 is 2.15 bits per heavy atom. The number of rotatable bonds is 2. The van der Waals surface area contributed by atoms with E-state index >= 15 is 0 Å². The Bertz CT molecular complexity index is 315. The summed E-state index contributed by atoms with van der Waals surface area (Å²) >= 11 is 3.04. The molecule has 0 radical (unpaired) electrons. The first-order valence-electron chi connectivity index (χ1n) is 3.56. The van der Waals surface area contributed by atoms with Crippen molar-refractivity contribution in [2.45, 2.75) is 18.7 Å². The van der Waals surface area contributed by atoms with Crippen LogP contribution in [-0.2, 0) is 5.33 Å². The van der Waals surface area contributed by atoms with Gasteiger partial charge in [-0.15, -0.1) is 0 Å². The summed E-state index contributed by atoms with van der Waals surface area (Å²) in [5.74, 6) is -0.833. The molecule has 13 heavy (non-hydrogen) atoms. The second-order valence-electron chi connectivity index (χ2n) is 2.55. The maximum absolute atomic E-state index is 12.8. The van der Waals surface area contributed by atoms with Crippen molar-refractivity contribution in [3.05, 3.63) is 28.8 Å². The van der Waals surface area contributed by atoms with E-state index in [9.17, 15) is 13.2 Å². The van der Waals surface area contributed by atoms with Crippen molar-refractivity contribution in [3.8, 4) is 0 Å². The highest BCUT2D eigenvalue weighted by Crippen LogP contribution is 2.28. The Balaban J connectivity index is 3.32. The third-order valence-corrected chi connectivity index (χ3v) is 2.36. The molecule has 0 saturated carbocycles. The van der Waals surface area contributed by atoms with Crippen molar-refractivity contribution in [2.24, 2.45) is 0 Å². The SMILES string of the molecule is Cc1c(F)ncc(CBr)c1C(F)F. The normalized spacial score (nSPS) is 10.9. The van der Waals surface area contributed by atoms with Crippen LogP contribution in [-0.4, -0.2) is 4.98 Å². The molecule has 0 spiro atoms. The minimum Gasteiger partial charge on any atom is -0.228 e. The second kappa shape index (κ2) is 4.09. The molecule has 0 aliphatic rings. The molecule has 5 heteroatoms. The second-order valence-corrected chi connectivity index (χ2v) is 3.11. The highest BCUT2D eigenvalue weighted by molar-refractivity contribution is 9.08. The van der Waals surface area contributed by atoms with Crippen molar-refractivity contribution in [1.29, 1.82) is 0 Å². The number of halogens is 4. The van der Waals surface area contributed by atoms with Crippen LogP contribution in [0.4, 0.5) is 13.2 Å². The lowest BCUT2D eigenvalue weighted by atomic mass is 10.1. The van der Waals surface area contributed by atoms with Gasteiger partial charge in [-0.2, -0.15) is 4.39 Å². The van der Waals surface area contributed by atoms with Crippen LogP contribution in [0.1, 0.15) is 23.1 Å². The topological polar surface area (TPSA) is 12.9 Å². The maximum Gasteiger partial charge on any atom is 0.264 e. The van der Waals surface area contributed by atoms with Gasteiger partial charge in [-0.05, 0) is 12.5 Å². The zero-order valence-electron chi connectivity index (χ0n) is 6.82. The van der Waals surface area contributed by atoms with Crippen LogP contribution < -0.4 is 0 Å². The molecule has 0 atom stereocenters. The number of aromatic nitrogens is 1. The predicted octanol–water partition coefficient (Wildman–Crippen LogP) is 3.36. The fraction of sp³-hybridized carbons (Fsp3) is 0.375. The van der Waals surface area contributed by atoms with Crippen LogP contribution >= 0.6 is 15.9 Å². The fourth-order valence-corrected chi connectivity index (χ4v) is 1.51. The molecular weight excluding hydrogens is 247 g/mol. The molecule has 0 aromatic carbocycles. The van der Waals surface area contributed by atoms with E-state index in [1.807, 2.05) is 0 Å². The highest BCUT2D eigenvalue weighted by atomic mass is 79.9. The highest BCUT2D eigenvalue weighted by Gasteiger charge is 2.18. The first-order valence-corrected chi connectivity index (χ1v) is 4.68. The summed E-state index contributed by atoms with van der Waals surface area (Å²) in [5, 5.41) is 0.251. The molecule has 1 rings (SSSR count). The van der Waals surface area contributed by atoms with Crippen molar-refractivity contribution in [1.82, 2.24) is 4.98 Å². The molecule has 1 heterocycles. The molecule has 0 aliphatic heterocycles. The van der Waals surface area contributed by atoms with Gasteiger partial charge in [0, 0.05) is 22.7 Å². The van der Waals surface area contributed by atoms with Crippen LogP contribution in [0.25, 0.3) is 0 Å². The quantitative estimate of drug-likeness (QED) is 0.582. The molecule has 0 saturated heterocycles. The van der Waals surface area contributed by atoms with Gasteiger partial charge in [0.25, 0.3) is 6.43 Å². The van der Waals surface area contributed by atoms with E-state index in [-0.39, 0.29) is 16.5 Å². The van der Waals surface area contributed by atoms with Crippen LogP contribution in [0.2, 0.25) is 0 Å². The minimum absolute atomic E-state index is 0.0769. The summed E-state index contributed by atoms with van der Waals surface area (Å²) in [4.78, 5) is 3.36. The lowest BCUT2D eigenvalue weighted by Gasteiger charge is -2.09. The first kappa shape index (κ1) is 10.5. The summed E-state index contributed by atoms with van der Waals surface area (Å²) < 4.78 is 37.7. The average molecular weight is 254 g/mol. The lowest BCUT2D eigenvalue weighted by Crippen LogP contribution is -2.01. The smallest absolute Gasteiger partial charge is 0.228 e. The third-order valence-electron chi connectivity index (χ3n) is 1.76. The Labute approximate surface area is 82.1 Å². The summed E-state index contributed by atoms with van der Waals surface area (Å²) in [6.45, 7) is 1.30. The van der Waals surface area contributed by atoms with Gasteiger partial charge >= 0.3 is 0 Å². The Morgan fingerprint density at radius 3 is 2.62 bits per heavy atom. The van der Waals surface area contributed by atoms with Gasteiger partial charge in [0.15, 0.2) is 0 Å². The van der Waals surface area contributed by atoms with Gasteiger partial charge in [0.1, 0.15) is 0 Å². The number of hydrogen-bond donors (Lipinski definition) is 0. The molecule has 0 unspecified atom stereocenters. The molecule has 0 fully saturated rings. The molecule has 1 aromatic heterocycles. The van der Waals surface area contributed by atoms with E-state index in [2.05, 4.69) is 20.9 Å². The van der Waals surface area contributed by atoms with Crippen LogP contribution in [0.15, 0.2) is 6.20 Å². The van der Waals surface area contributed by atoms with Crippen LogP contribution in [0, 0.1) is 12.9 Å². The van der Waals surface area contributed by atoms with E-state index in [1.54, 1.807) is 0 Å². The number of nitrogens with zero attached hydrogens (tertiary/aromatic N) is 1. The molecule has 72 valence electrons. The Morgan fingerprint density at radius 1 is 1.54 bits per heavy atom. The zero-order chi connectivity index (χ0) is 10.0. The minimum atomic E-state index is -2.66. The van der Waals surface area contributed by atoms with Crippen LogP contribution in [0.3, 0.4) is 0 Å². The first-order chi connectivity index (χ1) is 6.07. The van der Waals surface area contributed by atoms with E-state index < -0.39 is 12.4 Å². The van der Waals surface area contributed by atoms with Gasteiger partial charge in [-0.25, -0.2) is 13.8 Å². The predicted molar refractivity (Wildman–Crippen MR) is 46.5 cm³/mol. The summed E-state index contributed by atoms with van der Waals surface area (Å²) in [6, 6.07) is 0. The van der Waals surface area contributed by atoms with E-state index in [1.165, 1.54) is 6.92 Å². The summed E-state index contributed by atoms with van der Waals surface area (Å²) in [5.41, 5.74) is -0.00905. The van der Waals surface area contributed by atoms with Crippen molar-refractivity contribution >= 4 is 15.9 Å². The molecule has 0 amide bonds. The van der Waals surface area contributed by atoms with Gasteiger partial charge in [0.05, 0.1) is 0 Å². The fourth-order valence-electron chi connectivity index (χ4n) is 1.06. The largest absolute Gasteiger partial charge is 0.264 e. The van der Waals surface area contributed by atoms with Gasteiger partial charge in [-0.3, -0.25) is 0 Å². The van der Waals surface area contributed by atoms with Crippen molar-refractivity contribution in [2.75, 3.05) is 0 Å². The average Bonchev–Trinajstić information content (AvgIpc) is 2.08. The third kappa shape index (κ3) is 2.02. The number of hydrogen-bond acceptors (Lipinski definition) is 1.